The normalized spacial score (nSPS) is 26.9. The lowest BCUT2D eigenvalue weighted by Gasteiger charge is -2.56. The van der Waals surface area contributed by atoms with Crippen molar-refractivity contribution >= 4 is 12.6 Å². The van der Waals surface area contributed by atoms with Gasteiger partial charge < -0.3 is 24.6 Å². The molecule has 7 nitrogen and oxygen atoms in total. The van der Waals surface area contributed by atoms with E-state index in [1.807, 2.05) is 6.07 Å². The van der Waals surface area contributed by atoms with E-state index in [9.17, 15) is 4.79 Å². The van der Waals surface area contributed by atoms with Gasteiger partial charge in [0.2, 0.25) is 6.79 Å². The summed E-state index contributed by atoms with van der Waals surface area (Å²) in [4.78, 5) is 19.8. The number of carboxylic acid groups (broad SMARTS) is 1. The smallest absolute Gasteiger partial charge is 0.483 e. The molecule has 1 aromatic carbocycles. The van der Waals surface area contributed by atoms with Crippen LogP contribution in [-0.2, 0) is 26.1 Å². The molecular formula is C22H31NO6. The molecule has 0 spiro atoms. The molecule has 7 heteroatoms. The Balaban J connectivity index is 0.000000755. The van der Waals surface area contributed by atoms with Gasteiger partial charge in [-0.05, 0) is 75.3 Å². The van der Waals surface area contributed by atoms with E-state index in [0.717, 1.165) is 24.6 Å². The Morgan fingerprint density at radius 3 is 2.90 bits per heavy atom. The predicted molar refractivity (Wildman–Crippen MR) is 107 cm³/mol. The van der Waals surface area contributed by atoms with Gasteiger partial charge in [0.05, 0.1) is 6.10 Å². The van der Waals surface area contributed by atoms with Gasteiger partial charge in [-0.1, -0.05) is 18.9 Å². The summed E-state index contributed by atoms with van der Waals surface area (Å²) in [6.07, 6.45) is 6.71. The number of fused-ring (bicyclic) bond motifs is 1. The molecule has 4 rings (SSSR count). The summed E-state index contributed by atoms with van der Waals surface area (Å²) in [5, 5.41) is 10.6. The third-order valence-electron chi connectivity index (χ3n) is 6.35. The lowest BCUT2D eigenvalue weighted by atomic mass is 9.53. The number of benzene rings is 1. The Kier molecular flexibility index (Phi) is 7.00. The second-order valence-corrected chi connectivity index (χ2v) is 8.27. The lowest BCUT2D eigenvalue weighted by molar-refractivity contribution is -0.122. The van der Waals surface area contributed by atoms with Crippen LogP contribution >= 0.6 is 0 Å². The maximum atomic E-state index is 11.5. The van der Waals surface area contributed by atoms with E-state index in [-0.39, 0.29) is 19.4 Å². The van der Waals surface area contributed by atoms with Crippen molar-refractivity contribution in [2.24, 2.45) is 5.92 Å². The van der Waals surface area contributed by atoms with Crippen LogP contribution in [0.3, 0.4) is 0 Å². The second-order valence-electron chi connectivity index (χ2n) is 8.27. The largest absolute Gasteiger partial charge is 0.511 e. The fourth-order valence-corrected chi connectivity index (χ4v) is 5.37. The molecule has 29 heavy (non-hydrogen) atoms. The van der Waals surface area contributed by atoms with Gasteiger partial charge >= 0.3 is 6.16 Å². The lowest BCUT2D eigenvalue weighted by Crippen LogP contribution is -2.59. The summed E-state index contributed by atoms with van der Waals surface area (Å²) in [5.74, 6) is 1.52. The van der Waals surface area contributed by atoms with Crippen molar-refractivity contribution in [3.8, 4) is 5.75 Å². The molecule has 0 unspecified atom stereocenters. The summed E-state index contributed by atoms with van der Waals surface area (Å²) < 4.78 is 15.6. The molecule has 1 heterocycles. The van der Waals surface area contributed by atoms with E-state index < -0.39 is 6.16 Å². The number of ether oxygens (including phenoxy) is 3. The average Bonchev–Trinajstić information content (AvgIpc) is 2.68. The molecule has 2 aliphatic carbocycles. The van der Waals surface area contributed by atoms with Crippen LogP contribution in [-0.4, -0.2) is 43.2 Å². The standard InChI is InChI=1S/C21H29NO4.CH2O2/c1-14(2)26-20(23)25-13-24-16-7-6-15-11-19-17-5-3-4-8-21(17,9-10-22-19)18(15)12-16;2-1-3/h6-7,12,14,17,19,22H,3-5,8-11,13H2,1-2H3;1H,(H,2,3)/t17-,19-,21+;/m1./s1. The van der Waals surface area contributed by atoms with Crippen LogP contribution in [0.5, 0.6) is 5.75 Å². The van der Waals surface area contributed by atoms with Crippen molar-refractivity contribution in [3.05, 3.63) is 29.3 Å². The van der Waals surface area contributed by atoms with Crippen molar-refractivity contribution < 1.29 is 28.9 Å². The Labute approximate surface area is 171 Å². The molecule has 2 bridgehead atoms. The fraction of sp³-hybridized carbons (Fsp3) is 0.636. The molecule has 0 aromatic heterocycles. The van der Waals surface area contributed by atoms with Gasteiger partial charge in [0.15, 0.2) is 0 Å². The van der Waals surface area contributed by atoms with E-state index in [0.29, 0.717) is 11.5 Å². The van der Waals surface area contributed by atoms with E-state index in [1.165, 1.54) is 43.2 Å². The summed E-state index contributed by atoms with van der Waals surface area (Å²) in [5.41, 5.74) is 3.23. The zero-order chi connectivity index (χ0) is 20.9. The average molecular weight is 405 g/mol. The Morgan fingerprint density at radius 2 is 2.14 bits per heavy atom. The van der Waals surface area contributed by atoms with Gasteiger partial charge in [0, 0.05) is 11.5 Å². The first-order chi connectivity index (χ1) is 14.0. The van der Waals surface area contributed by atoms with Crippen LogP contribution < -0.4 is 10.1 Å². The van der Waals surface area contributed by atoms with Crippen molar-refractivity contribution in [1.82, 2.24) is 5.32 Å². The third kappa shape index (κ3) is 4.66. The zero-order valence-corrected chi connectivity index (χ0v) is 17.2. The van der Waals surface area contributed by atoms with E-state index in [4.69, 9.17) is 24.1 Å². The van der Waals surface area contributed by atoms with Gasteiger partial charge in [0.25, 0.3) is 6.47 Å². The fourth-order valence-electron chi connectivity index (χ4n) is 5.37. The molecule has 1 aromatic rings. The van der Waals surface area contributed by atoms with Crippen molar-refractivity contribution in [1.29, 1.82) is 0 Å². The highest BCUT2D eigenvalue weighted by molar-refractivity contribution is 5.59. The van der Waals surface area contributed by atoms with Crippen LogP contribution in [0.2, 0.25) is 0 Å². The topological polar surface area (TPSA) is 94.1 Å². The minimum absolute atomic E-state index is 0.120. The van der Waals surface area contributed by atoms with E-state index in [2.05, 4.69) is 17.4 Å². The summed E-state index contributed by atoms with van der Waals surface area (Å²) >= 11 is 0. The Hall–Kier alpha value is -2.28. The summed E-state index contributed by atoms with van der Waals surface area (Å²) in [7, 11) is 0. The zero-order valence-electron chi connectivity index (χ0n) is 17.2. The number of hydrogen-bond donors (Lipinski definition) is 2. The summed E-state index contributed by atoms with van der Waals surface area (Å²) in [6.45, 7) is 4.32. The van der Waals surface area contributed by atoms with Crippen LogP contribution in [0, 0.1) is 5.92 Å². The SMILES string of the molecule is CC(C)OC(=O)OCOc1ccc2c(c1)[C@]13CCCC[C@@H]1[C@@H](C2)NCC3.O=CO. The maximum absolute atomic E-state index is 11.5. The van der Waals surface area contributed by atoms with Gasteiger partial charge in [-0.2, -0.15) is 0 Å². The van der Waals surface area contributed by atoms with Gasteiger partial charge in [-0.15, -0.1) is 0 Å². The molecule has 1 aliphatic heterocycles. The monoisotopic (exact) mass is 405 g/mol. The highest BCUT2D eigenvalue weighted by atomic mass is 16.8. The molecule has 160 valence electrons. The quantitative estimate of drug-likeness (QED) is 0.449. The first kappa shape index (κ1) is 21.4. The van der Waals surface area contributed by atoms with Crippen LogP contribution in [0.4, 0.5) is 4.79 Å². The first-order valence-electron chi connectivity index (χ1n) is 10.4. The first-order valence-corrected chi connectivity index (χ1v) is 10.4. The number of carbonyl (C=O) groups is 2. The second kappa shape index (κ2) is 9.48. The molecular weight excluding hydrogens is 374 g/mol. The number of nitrogens with one attached hydrogen (secondary N) is 1. The molecule has 1 saturated heterocycles. The minimum Gasteiger partial charge on any atom is -0.483 e. The number of rotatable bonds is 4. The predicted octanol–water partition coefficient (Wildman–Crippen LogP) is 3.63. The van der Waals surface area contributed by atoms with Gasteiger partial charge in [0.1, 0.15) is 5.75 Å². The molecule has 3 atom stereocenters. The number of piperidine rings is 1. The highest BCUT2D eigenvalue weighted by Gasteiger charge is 2.51. The van der Waals surface area contributed by atoms with Crippen molar-refractivity contribution in [2.75, 3.05) is 13.3 Å². The van der Waals surface area contributed by atoms with Crippen LogP contribution in [0.15, 0.2) is 18.2 Å². The van der Waals surface area contributed by atoms with Crippen molar-refractivity contribution in [2.45, 2.75) is 69.9 Å². The van der Waals surface area contributed by atoms with E-state index in [1.54, 1.807) is 13.8 Å². The maximum Gasteiger partial charge on any atom is 0.511 e. The summed E-state index contributed by atoms with van der Waals surface area (Å²) in [6, 6.07) is 7.01. The number of carbonyl (C=O) groups excluding carboxylic acids is 1. The van der Waals surface area contributed by atoms with Crippen molar-refractivity contribution in [3.63, 3.8) is 0 Å². The van der Waals surface area contributed by atoms with Gasteiger partial charge in [-0.25, -0.2) is 4.79 Å². The Morgan fingerprint density at radius 1 is 1.34 bits per heavy atom. The van der Waals surface area contributed by atoms with Gasteiger partial charge in [-0.3, -0.25) is 4.79 Å². The molecule has 1 saturated carbocycles. The molecule has 3 aliphatic rings. The third-order valence-corrected chi connectivity index (χ3v) is 6.35. The Bertz CT molecular complexity index is 717. The number of hydrogen-bond acceptors (Lipinski definition) is 6. The highest BCUT2D eigenvalue weighted by Crippen LogP contribution is 2.54. The molecule has 2 fully saturated rings. The molecule has 0 amide bonds. The van der Waals surface area contributed by atoms with Crippen LogP contribution in [0.25, 0.3) is 0 Å². The molecule has 2 N–H and O–H groups in total. The van der Waals surface area contributed by atoms with Crippen LogP contribution in [0.1, 0.15) is 57.1 Å². The minimum atomic E-state index is -0.690. The molecule has 0 radical (unpaired) electrons. The van der Waals surface area contributed by atoms with E-state index >= 15 is 0 Å².